The molecule has 3 N–H and O–H groups in total. The van der Waals surface area contributed by atoms with Gasteiger partial charge >= 0.3 is 6.03 Å². The van der Waals surface area contributed by atoms with Crippen molar-refractivity contribution >= 4 is 40.6 Å². The van der Waals surface area contributed by atoms with Gasteiger partial charge in [0.15, 0.2) is 0 Å². The molecule has 2 atom stereocenters. The highest BCUT2D eigenvalue weighted by atomic mass is 35.5. The van der Waals surface area contributed by atoms with Crippen LogP contribution in [0.15, 0.2) is 53.9 Å². The van der Waals surface area contributed by atoms with Crippen LogP contribution in [0.1, 0.15) is 41.2 Å². The fourth-order valence-corrected chi connectivity index (χ4v) is 4.76. The highest BCUT2D eigenvalue weighted by Crippen LogP contribution is 2.24. The number of carbonyl (C=O) groups excluding carboxylic acids is 2. The summed E-state index contributed by atoms with van der Waals surface area (Å²) in [6.45, 7) is 0.260. The number of ether oxygens (including phenoxy) is 2. The summed E-state index contributed by atoms with van der Waals surface area (Å²) in [5.41, 5.74) is 0.923. The smallest absolute Gasteiger partial charge is 0.319 e. The van der Waals surface area contributed by atoms with Gasteiger partial charge in [0.25, 0.3) is 5.91 Å². The first-order valence-corrected chi connectivity index (χ1v) is 12.6. The van der Waals surface area contributed by atoms with E-state index in [0.717, 1.165) is 25.7 Å². The van der Waals surface area contributed by atoms with Gasteiger partial charge < -0.3 is 25.4 Å². The number of hydrogen-bond donors (Lipinski definition) is 3. The van der Waals surface area contributed by atoms with Crippen molar-refractivity contribution in [2.24, 2.45) is 0 Å². The molecule has 0 saturated heterocycles. The minimum absolute atomic E-state index is 0.185. The molecule has 2 aromatic carbocycles. The molecule has 184 valence electrons. The predicted molar refractivity (Wildman–Crippen MR) is 137 cm³/mol. The standard InChI is InChI=1S/C25H27ClN4O4S/c1-33-22-9-5-4-8-20(22)30-25(32)29-19-7-3-2-6-18(19)28-24(31)21-15-35-23(27-21)14-34-17-12-10-16(26)11-13-17/h4-5,8-13,15,18-19H,2-3,6-7,14H2,1H3,(H,28,31)(H2,29,30,32). The van der Waals surface area contributed by atoms with Crippen LogP contribution >= 0.6 is 22.9 Å². The predicted octanol–water partition coefficient (Wildman–Crippen LogP) is 5.25. The molecule has 1 aliphatic carbocycles. The number of anilines is 1. The number of para-hydroxylation sites is 2. The highest BCUT2D eigenvalue weighted by Gasteiger charge is 2.29. The second kappa shape index (κ2) is 11.9. The molecule has 1 fully saturated rings. The average Bonchev–Trinajstić information content (AvgIpc) is 3.34. The van der Waals surface area contributed by atoms with Crippen molar-refractivity contribution < 1.29 is 19.1 Å². The van der Waals surface area contributed by atoms with Gasteiger partial charge in [-0.1, -0.05) is 36.6 Å². The quantitative estimate of drug-likeness (QED) is 0.381. The molecule has 4 rings (SSSR count). The van der Waals surface area contributed by atoms with Crippen LogP contribution in [0.3, 0.4) is 0 Å². The lowest BCUT2D eigenvalue weighted by Crippen LogP contribution is -2.54. The van der Waals surface area contributed by atoms with Crippen molar-refractivity contribution in [3.8, 4) is 11.5 Å². The van der Waals surface area contributed by atoms with E-state index in [1.165, 1.54) is 11.3 Å². The third-order valence-electron chi connectivity index (χ3n) is 5.71. The Kier molecular flexibility index (Phi) is 8.44. The summed E-state index contributed by atoms with van der Waals surface area (Å²) in [7, 11) is 1.55. The van der Waals surface area contributed by atoms with E-state index in [2.05, 4.69) is 20.9 Å². The summed E-state index contributed by atoms with van der Waals surface area (Å²) in [6, 6.07) is 13.6. The van der Waals surface area contributed by atoms with Crippen LogP contribution < -0.4 is 25.4 Å². The molecule has 10 heteroatoms. The Bertz CT molecular complexity index is 1150. The molecule has 1 aromatic heterocycles. The summed E-state index contributed by atoms with van der Waals surface area (Å²) >= 11 is 7.26. The number of benzene rings is 2. The number of rotatable bonds is 8. The van der Waals surface area contributed by atoms with Crippen LogP contribution in [0.4, 0.5) is 10.5 Å². The van der Waals surface area contributed by atoms with Crippen LogP contribution in [-0.4, -0.2) is 36.1 Å². The van der Waals surface area contributed by atoms with Crippen molar-refractivity contribution in [2.75, 3.05) is 12.4 Å². The summed E-state index contributed by atoms with van der Waals surface area (Å²) < 4.78 is 11.0. The maximum Gasteiger partial charge on any atom is 0.319 e. The zero-order valence-corrected chi connectivity index (χ0v) is 20.8. The van der Waals surface area contributed by atoms with Crippen molar-refractivity contribution in [1.29, 1.82) is 0 Å². The Balaban J connectivity index is 1.32. The normalized spacial score (nSPS) is 17.3. The number of methoxy groups -OCH3 is 1. The zero-order valence-electron chi connectivity index (χ0n) is 19.3. The number of carbonyl (C=O) groups is 2. The Hall–Kier alpha value is -3.30. The molecule has 1 saturated carbocycles. The van der Waals surface area contributed by atoms with Crippen LogP contribution in [-0.2, 0) is 6.61 Å². The molecule has 3 aromatic rings. The monoisotopic (exact) mass is 514 g/mol. The first kappa shape index (κ1) is 24.8. The highest BCUT2D eigenvalue weighted by molar-refractivity contribution is 7.09. The van der Waals surface area contributed by atoms with E-state index in [-0.39, 0.29) is 30.6 Å². The SMILES string of the molecule is COc1ccccc1NC(=O)NC1CCCCC1NC(=O)c1csc(COc2ccc(Cl)cc2)n1. The van der Waals surface area contributed by atoms with Gasteiger partial charge in [-0.3, -0.25) is 4.79 Å². The van der Waals surface area contributed by atoms with Crippen LogP contribution in [0.25, 0.3) is 0 Å². The lowest BCUT2D eigenvalue weighted by Gasteiger charge is -2.32. The van der Waals surface area contributed by atoms with Gasteiger partial charge in [-0.15, -0.1) is 11.3 Å². The third kappa shape index (κ3) is 6.86. The van der Waals surface area contributed by atoms with Gasteiger partial charge in [-0.05, 0) is 49.2 Å². The summed E-state index contributed by atoms with van der Waals surface area (Å²) in [5.74, 6) is 0.997. The van der Waals surface area contributed by atoms with Gasteiger partial charge in [0.2, 0.25) is 0 Å². The summed E-state index contributed by atoms with van der Waals surface area (Å²) in [4.78, 5) is 29.9. The summed E-state index contributed by atoms with van der Waals surface area (Å²) in [5, 5.41) is 11.9. The van der Waals surface area contributed by atoms with E-state index in [9.17, 15) is 9.59 Å². The lowest BCUT2D eigenvalue weighted by atomic mass is 9.90. The maximum absolute atomic E-state index is 12.9. The third-order valence-corrected chi connectivity index (χ3v) is 6.79. The first-order chi connectivity index (χ1) is 17.0. The lowest BCUT2D eigenvalue weighted by molar-refractivity contribution is 0.0911. The van der Waals surface area contributed by atoms with Gasteiger partial charge in [-0.2, -0.15) is 0 Å². The average molecular weight is 515 g/mol. The first-order valence-electron chi connectivity index (χ1n) is 11.4. The molecular formula is C25H27ClN4O4S. The van der Waals surface area contributed by atoms with Crippen molar-refractivity contribution in [1.82, 2.24) is 15.6 Å². The molecule has 1 heterocycles. The van der Waals surface area contributed by atoms with E-state index in [0.29, 0.717) is 32.9 Å². The van der Waals surface area contributed by atoms with Crippen LogP contribution in [0.2, 0.25) is 5.02 Å². The molecular weight excluding hydrogens is 488 g/mol. The molecule has 8 nitrogen and oxygen atoms in total. The van der Waals surface area contributed by atoms with Crippen molar-refractivity contribution in [2.45, 2.75) is 44.4 Å². The number of halogens is 1. The second-order valence-electron chi connectivity index (χ2n) is 8.14. The Morgan fingerprint density at radius 3 is 2.51 bits per heavy atom. The van der Waals surface area contributed by atoms with E-state index in [1.54, 1.807) is 48.9 Å². The Morgan fingerprint density at radius 1 is 1.06 bits per heavy atom. The fraction of sp³-hybridized carbons (Fsp3) is 0.320. The molecule has 35 heavy (non-hydrogen) atoms. The van der Waals surface area contributed by atoms with Gasteiger partial charge in [0.05, 0.1) is 18.8 Å². The van der Waals surface area contributed by atoms with Gasteiger partial charge in [0.1, 0.15) is 28.8 Å². The topological polar surface area (TPSA) is 102 Å². The van der Waals surface area contributed by atoms with Crippen LogP contribution in [0, 0.1) is 0 Å². The number of nitrogens with one attached hydrogen (secondary N) is 3. The molecule has 0 radical (unpaired) electrons. The molecule has 0 spiro atoms. The Labute approximate surface area is 213 Å². The maximum atomic E-state index is 12.9. The number of aromatic nitrogens is 1. The molecule has 0 aliphatic heterocycles. The Morgan fingerprint density at radius 2 is 1.77 bits per heavy atom. The second-order valence-corrected chi connectivity index (χ2v) is 9.52. The molecule has 0 bridgehead atoms. The molecule has 2 unspecified atom stereocenters. The van der Waals surface area contributed by atoms with Crippen LogP contribution in [0.5, 0.6) is 11.5 Å². The molecule has 1 aliphatic rings. The van der Waals surface area contributed by atoms with Gasteiger partial charge in [0, 0.05) is 16.4 Å². The summed E-state index contributed by atoms with van der Waals surface area (Å²) in [6.07, 6.45) is 3.52. The van der Waals surface area contributed by atoms with E-state index >= 15 is 0 Å². The largest absolute Gasteiger partial charge is 0.495 e. The zero-order chi connectivity index (χ0) is 24.6. The number of hydrogen-bond acceptors (Lipinski definition) is 6. The minimum Gasteiger partial charge on any atom is -0.495 e. The van der Waals surface area contributed by atoms with Crippen molar-refractivity contribution in [3.63, 3.8) is 0 Å². The number of amides is 3. The fourth-order valence-electron chi connectivity index (χ4n) is 3.95. The molecule has 3 amide bonds. The van der Waals surface area contributed by atoms with E-state index in [1.807, 2.05) is 12.1 Å². The van der Waals surface area contributed by atoms with Gasteiger partial charge in [-0.25, -0.2) is 9.78 Å². The number of thiazole rings is 1. The van der Waals surface area contributed by atoms with Crippen molar-refractivity contribution in [3.05, 3.63) is 69.6 Å². The number of nitrogens with zero attached hydrogens (tertiary/aromatic N) is 1. The number of urea groups is 1. The minimum atomic E-state index is -0.337. The van der Waals surface area contributed by atoms with E-state index in [4.69, 9.17) is 21.1 Å². The van der Waals surface area contributed by atoms with E-state index < -0.39 is 0 Å².